The van der Waals surface area contributed by atoms with Crippen LogP contribution >= 0.6 is 0 Å². The molecular weight excluding hydrogens is 564 g/mol. The second kappa shape index (κ2) is 12.2. The van der Waals surface area contributed by atoms with Crippen molar-refractivity contribution in [3.8, 4) is 0 Å². The van der Waals surface area contributed by atoms with E-state index in [0.717, 1.165) is 41.4 Å². The minimum Gasteiger partial charge on any atom is -0.352 e. The summed E-state index contributed by atoms with van der Waals surface area (Å²) in [7, 11) is 0. The average molecular weight is 597 g/mol. The van der Waals surface area contributed by atoms with E-state index in [1.165, 1.54) is 18.2 Å². The second-order valence-corrected chi connectivity index (χ2v) is 11.5. The van der Waals surface area contributed by atoms with Crippen LogP contribution in [0.1, 0.15) is 69.6 Å². The lowest BCUT2D eigenvalue weighted by molar-refractivity contribution is -0.136. The van der Waals surface area contributed by atoms with Gasteiger partial charge in [-0.3, -0.25) is 39.5 Å². The molecule has 4 N–H and O–H groups in total. The first kappa shape index (κ1) is 29.0. The van der Waals surface area contributed by atoms with Crippen LogP contribution in [0.2, 0.25) is 0 Å². The number of fused-ring (bicyclic) bond motifs is 2. The predicted octanol–water partition coefficient (Wildman–Crippen LogP) is 2.99. The third kappa shape index (κ3) is 5.87. The Kier molecular flexibility index (Phi) is 8.05. The number of piperidine rings is 1. The molecule has 1 aromatic heterocycles. The molecule has 226 valence electrons. The van der Waals surface area contributed by atoms with Gasteiger partial charge in [0.05, 0.1) is 11.1 Å². The van der Waals surface area contributed by atoms with E-state index in [2.05, 4.69) is 26.3 Å². The van der Waals surface area contributed by atoms with Crippen LogP contribution < -0.4 is 21.3 Å². The first-order valence-electron chi connectivity index (χ1n) is 14.8. The normalized spacial score (nSPS) is 21.5. The van der Waals surface area contributed by atoms with Gasteiger partial charge in [-0.2, -0.15) is 0 Å². The molecule has 12 nitrogen and oxygen atoms in total. The van der Waals surface area contributed by atoms with Crippen molar-refractivity contribution in [1.82, 2.24) is 25.8 Å². The molecule has 3 aromatic rings. The summed E-state index contributed by atoms with van der Waals surface area (Å²) in [6.07, 6.45) is 5.40. The van der Waals surface area contributed by atoms with E-state index in [4.69, 9.17) is 0 Å². The zero-order valence-corrected chi connectivity index (χ0v) is 23.9. The number of nitrogens with one attached hydrogen (secondary N) is 4. The Morgan fingerprint density at radius 1 is 0.841 bits per heavy atom. The number of nitrogens with zero attached hydrogens (tertiary/aromatic N) is 2. The third-order valence-corrected chi connectivity index (χ3v) is 8.68. The maximum absolute atomic E-state index is 13.1. The molecule has 2 aliphatic heterocycles. The summed E-state index contributed by atoms with van der Waals surface area (Å²) >= 11 is 0. The molecule has 6 rings (SSSR count). The van der Waals surface area contributed by atoms with Crippen molar-refractivity contribution in [2.45, 2.75) is 44.6 Å². The Labute approximate surface area is 253 Å². The van der Waals surface area contributed by atoms with E-state index in [1.807, 2.05) is 30.3 Å². The van der Waals surface area contributed by atoms with Gasteiger partial charge in [0.15, 0.2) is 0 Å². The first-order valence-corrected chi connectivity index (χ1v) is 14.8. The summed E-state index contributed by atoms with van der Waals surface area (Å²) < 4.78 is 0. The van der Waals surface area contributed by atoms with Crippen LogP contribution in [0.15, 0.2) is 54.7 Å². The van der Waals surface area contributed by atoms with E-state index in [0.29, 0.717) is 24.8 Å². The van der Waals surface area contributed by atoms with E-state index >= 15 is 0 Å². The summed E-state index contributed by atoms with van der Waals surface area (Å²) in [6.45, 7) is 1.02. The molecule has 44 heavy (non-hydrogen) atoms. The summed E-state index contributed by atoms with van der Waals surface area (Å²) in [4.78, 5) is 80.4. The van der Waals surface area contributed by atoms with Crippen LogP contribution in [0.25, 0.3) is 10.8 Å². The molecule has 2 aromatic carbocycles. The van der Waals surface area contributed by atoms with Crippen LogP contribution in [0.3, 0.4) is 0 Å². The highest BCUT2D eigenvalue weighted by molar-refractivity contribution is 6.24. The Hall–Kier alpha value is -5.13. The Morgan fingerprint density at radius 3 is 2.30 bits per heavy atom. The van der Waals surface area contributed by atoms with Gasteiger partial charge in [-0.1, -0.05) is 24.3 Å². The first-order chi connectivity index (χ1) is 21.3. The number of anilines is 1. The highest BCUT2D eigenvalue weighted by Gasteiger charge is 2.44. The Morgan fingerprint density at radius 2 is 1.55 bits per heavy atom. The molecule has 1 saturated heterocycles. The van der Waals surface area contributed by atoms with Crippen molar-refractivity contribution in [3.05, 3.63) is 71.4 Å². The number of hydrogen-bond donors (Lipinski definition) is 4. The van der Waals surface area contributed by atoms with Gasteiger partial charge in [0.25, 0.3) is 17.7 Å². The molecule has 0 bridgehead atoms. The lowest BCUT2D eigenvalue weighted by Gasteiger charge is -2.28. The number of pyridine rings is 1. The fourth-order valence-electron chi connectivity index (χ4n) is 6.20. The van der Waals surface area contributed by atoms with Gasteiger partial charge in [-0.25, -0.2) is 9.78 Å². The standard InChI is InChI=1S/C32H32N6O6/c39-26-12-11-25(29(41)36-26)38-30(42)23-10-9-21(15-24(23)31(38)43)28(40)34-16-18-5-7-19(8-6-18)17-35-32(44)37-27-22-4-2-1-3-20(22)13-14-33-27/h1-4,9-10,13-15,18-19,25H,5-8,11-12,16-17H2,(H,34,40)(H,36,39,41)(H2,33,35,37,44). The van der Waals surface area contributed by atoms with Crippen molar-refractivity contribution in [2.75, 3.05) is 18.4 Å². The fraction of sp³-hybridized carbons (Fsp3) is 0.344. The number of imide groups is 2. The molecule has 1 atom stereocenters. The highest BCUT2D eigenvalue weighted by Crippen LogP contribution is 2.30. The molecule has 3 aliphatic rings. The maximum Gasteiger partial charge on any atom is 0.320 e. The maximum atomic E-state index is 13.1. The summed E-state index contributed by atoms with van der Waals surface area (Å²) in [5.74, 6) is -1.60. The predicted molar refractivity (Wildman–Crippen MR) is 160 cm³/mol. The quantitative estimate of drug-likeness (QED) is 0.304. The van der Waals surface area contributed by atoms with Crippen molar-refractivity contribution in [3.63, 3.8) is 0 Å². The van der Waals surface area contributed by atoms with Crippen LogP contribution in [0.4, 0.5) is 10.6 Å². The lowest BCUT2D eigenvalue weighted by atomic mass is 9.82. The molecule has 1 unspecified atom stereocenters. The number of carbonyl (C=O) groups excluding carboxylic acids is 6. The van der Waals surface area contributed by atoms with Crippen molar-refractivity contribution < 1.29 is 28.8 Å². The smallest absolute Gasteiger partial charge is 0.320 e. The molecule has 1 aliphatic carbocycles. The Bertz CT molecular complexity index is 1680. The van der Waals surface area contributed by atoms with Crippen molar-refractivity contribution in [2.24, 2.45) is 11.8 Å². The van der Waals surface area contributed by atoms with E-state index in [1.54, 1.807) is 6.20 Å². The van der Waals surface area contributed by atoms with Gasteiger partial charge in [0.2, 0.25) is 11.8 Å². The summed E-state index contributed by atoms with van der Waals surface area (Å²) in [6, 6.07) is 12.6. The van der Waals surface area contributed by atoms with Crippen LogP contribution in [0, 0.1) is 11.8 Å². The van der Waals surface area contributed by atoms with Gasteiger partial charge < -0.3 is 10.6 Å². The summed E-state index contributed by atoms with van der Waals surface area (Å²) in [5, 5.41) is 12.8. The second-order valence-electron chi connectivity index (χ2n) is 11.5. The van der Waals surface area contributed by atoms with E-state index in [-0.39, 0.29) is 47.4 Å². The number of urea groups is 1. The topological polar surface area (TPSA) is 167 Å². The molecule has 1 saturated carbocycles. The zero-order valence-electron chi connectivity index (χ0n) is 23.9. The SMILES string of the molecule is O=C1CCC(N2C(=O)c3ccc(C(=O)NCC4CCC(CNC(=O)Nc5nccc6ccccc56)CC4)cc3C2=O)C(=O)N1. The Balaban J connectivity index is 0.960. The lowest BCUT2D eigenvalue weighted by Crippen LogP contribution is -2.54. The number of benzene rings is 2. The van der Waals surface area contributed by atoms with Gasteiger partial charge in [0.1, 0.15) is 11.9 Å². The van der Waals surface area contributed by atoms with E-state index < -0.39 is 29.7 Å². The fourth-order valence-corrected chi connectivity index (χ4v) is 6.20. The molecule has 2 fully saturated rings. The summed E-state index contributed by atoms with van der Waals surface area (Å²) in [5.41, 5.74) is 0.450. The number of carbonyl (C=O) groups is 6. The van der Waals surface area contributed by atoms with Gasteiger partial charge in [-0.05, 0) is 73.6 Å². The van der Waals surface area contributed by atoms with Crippen molar-refractivity contribution >= 4 is 52.2 Å². The molecule has 0 spiro atoms. The number of amides is 7. The van der Waals surface area contributed by atoms with Crippen LogP contribution in [-0.4, -0.2) is 64.6 Å². The van der Waals surface area contributed by atoms with Gasteiger partial charge in [0, 0.05) is 36.7 Å². The highest BCUT2D eigenvalue weighted by atomic mass is 16.2. The van der Waals surface area contributed by atoms with Gasteiger partial charge in [-0.15, -0.1) is 0 Å². The van der Waals surface area contributed by atoms with Gasteiger partial charge >= 0.3 is 6.03 Å². The van der Waals surface area contributed by atoms with E-state index in [9.17, 15) is 28.8 Å². The molecule has 3 heterocycles. The average Bonchev–Trinajstić information content (AvgIpc) is 3.28. The van der Waals surface area contributed by atoms with Crippen LogP contribution in [-0.2, 0) is 9.59 Å². The number of hydrogen-bond acceptors (Lipinski definition) is 7. The van der Waals surface area contributed by atoms with Crippen LogP contribution in [0.5, 0.6) is 0 Å². The molecular formula is C32H32N6O6. The molecule has 7 amide bonds. The molecule has 0 radical (unpaired) electrons. The number of rotatable bonds is 7. The zero-order chi connectivity index (χ0) is 30.8. The third-order valence-electron chi connectivity index (χ3n) is 8.68. The minimum absolute atomic E-state index is 0.0365. The molecule has 12 heteroatoms. The monoisotopic (exact) mass is 596 g/mol. The van der Waals surface area contributed by atoms with Crippen molar-refractivity contribution in [1.29, 1.82) is 0 Å². The largest absolute Gasteiger partial charge is 0.352 e. The minimum atomic E-state index is -1.06. The number of aromatic nitrogens is 1.